The fourth-order valence-corrected chi connectivity index (χ4v) is 3.62. The lowest BCUT2D eigenvalue weighted by Crippen LogP contribution is -2.07. The average Bonchev–Trinajstić information content (AvgIpc) is 2.85. The highest BCUT2D eigenvalue weighted by Gasteiger charge is 2.14. The van der Waals surface area contributed by atoms with Gasteiger partial charge in [0.05, 0.1) is 5.39 Å². The Hall–Kier alpha value is -4.71. The van der Waals surface area contributed by atoms with E-state index in [0.717, 1.165) is 5.56 Å². The second-order valence-corrected chi connectivity index (χ2v) is 7.91. The molecular formula is C28H22N2O4. The number of nitrogens with two attached hydrogens (primary N) is 2. The van der Waals surface area contributed by atoms with Gasteiger partial charge in [-0.2, -0.15) is 0 Å². The number of benzene rings is 4. The van der Waals surface area contributed by atoms with Gasteiger partial charge >= 0.3 is 0 Å². The molecule has 6 heteroatoms. The SMILES string of the molecule is Cc1c(-c2ccc(Oc3ccc(N)cc3)cc2)oc2ccc(Oc3ccc(N)cc3)cc2c1=O. The van der Waals surface area contributed by atoms with Crippen molar-refractivity contribution in [1.29, 1.82) is 0 Å². The van der Waals surface area contributed by atoms with Crippen molar-refractivity contribution in [1.82, 2.24) is 0 Å². The number of nitrogen functional groups attached to an aromatic ring is 2. The fourth-order valence-electron chi connectivity index (χ4n) is 3.62. The van der Waals surface area contributed by atoms with E-state index in [-0.39, 0.29) is 5.43 Å². The molecule has 4 aromatic carbocycles. The van der Waals surface area contributed by atoms with Gasteiger partial charge in [0.2, 0.25) is 0 Å². The number of hydrogen-bond donors (Lipinski definition) is 2. The van der Waals surface area contributed by atoms with Crippen LogP contribution < -0.4 is 26.4 Å². The summed E-state index contributed by atoms with van der Waals surface area (Å²) in [5.41, 5.74) is 14.4. The third-order valence-electron chi connectivity index (χ3n) is 5.44. The molecule has 168 valence electrons. The van der Waals surface area contributed by atoms with Crippen LogP contribution >= 0.6 is 0 Å². The van der Waals surface area contributed by atoms with E-state index in [9.17, 15) is 4.79 Å². The van der Waals surface area contributed by atoms with Gasteiger partial charge in [-0.05, 0) is 97.9 Å². The summed E-state index contributed by atoms with van der Waals surface area (Å²) in [6, 6.07) is 26.8. The smallest absolute Gasteiger partial charge is 0.196 e. The van der Waals surface area contributed by atoms with Crippen molar-refractivity contribution < 1.29 is 13.9 Å². The second-order valence-electron chi connectivity index (χ2n) is 7.91. The molecule has 0 aliphatic rings. The van der Waals surface area contributed by atoms with Crippen LogP contribution in [-0.4, -0.2) is 0 Å². The van der Waals surface area contributed by atoms with Crippen molar-refractivity contribution in [2.45, 2.75) is 6.92 Å². The monoisotopic (exact) mass is 450 g/mol. The second kappa shape index (κ2) is 8.67. The van der Waals surface area contributed by atoms with Crippen LogP contribution in [0, 0.1) is 6.92 Å². The normalized spacial score (nSPS) is 10.9. The van der Waals surface area contributed by atoms with Gasteiger partial charge < -0.3 is 25.4 Å². The molecule has 34 heavy (non-hydrogen) atoms. The van der Waals surface area contributed by atoms with Crippen LogP contribution in [-0.2, 0) is 0 Å². The fraction of sp³-hybridized carbons (Fsp3) is 0.0357. The van der Waals surface area contributed by atoms with Crippen molar-refractivity contribution in [3.8, 4) is 34.3 Å². The zero-order valence-electron chi connectivity index (χ0n) is 18.4. The minimum absolute atomic E-state index is 0.110. The van der Waals surface area contributed by atoms with Gasteiger partial charge in [0.25, 0.3) is 0 Å². The van der Waals surface area contributed by atoms with E-state index >= 15 is 0 Å². The van der Waals surface area contributed by atoms with Gasteiger partial charge in [-0.1, -0.05) is 0 Å². The maximum Gasteiger partial charge on any atom is 0.196 e. The number of hydrogen-bond acceptors (Lipinski definition) is 6. The number of fused-ring (bicyclic) bond motifs is 1. The van der Waals surface area contributed by atoms with Gasteiger partial charge in [-0.15, -0.1) is 0 Å². The largest absolute Gasteiger partial charge is 0.457 e. The van der Waals surface area contributed by atoms with Crippen molar-refractivity contribution in [3.05, 3.63) is 107 Å². The first-order chi connectivity index (χ1) is 16.5. The molecule has 0 saturated carbocycles. The summed E-state index contributed by atoms with van der Waals surface area (Å²) >= 11 is 0. The Morgan fingerprint density at radius 2 is 1.12 bits per heavy atom. The molecule has 0 aliphatic heterocycles. The zero-order chi connectivity index (χ0) is 23.7. The molecule has 0 fully saturated rings. The lowest BCUT2D eigenvalue weighted by molar-refractivity contribution is 0.482. The Balaban J connectivity index is 1.43. The molecule has 1 heterocycles. The van der Waals surface area contributed by atoms with Gasteiger partial charge in [-0.3, -0.25) is 4.79 Å². The van der Waals surface area contributed by atoms with Crippen LogP contribution in [0.5, 0.6) is 23.0 Å². The van der Waals surface area contributed by atoms with E-state index in [1.807, 2.05) is 24.3 Å². The Morgan fingerprint density at radius 3 is 1.68 bits per heavy atom. The average molecular weight is 450 g/mol. The zero-order valence-corrected chi connectivity index (χ0v) is 18.4. The maximum absolute atomic E-state index is 13.1. The summed E-state index contributed by atoms with van der Waals surface area (Å²) in [6.07, 6.45) is 0. The van der Waals surface area contributed by atoms with Crippen LogP contribution in [0.25, 0.3) is 22.3 Å². The lowest BCUT2D eigenvalue weighted by Gasteiger charge is -2.11. The lowest BCUT2D eigenvalue weighted by atomic mass is 10.1. The molecule has 0 aliphatic carbocycles. The van der Waals surface area contributed by atoms with E-state index in [1.165, 1.54) is 0 Å². The first-order valence-electron chi connectivity index (χ1n) is 10.7. The van der Waals surface area contributed by atoms with Crippen molar-refractivity contribution in [3.63, 3.8) is 0 Å². The van der Waals surface area contributed by atoms with Crippen LogP contribution in [0.4, 0.5) is 11.4 Å². The highest BCUT2D eigenvalue weighted by atomic mass is 16.5. The predicted molar refractivity (Wildman–Crippen MR) is 135 cm³/mol. The highest BCUT2D eigenvalue weighted by Crippen LogP contribution is 2.31. The van der Waals surface area contributed by atoms with Crippen LogP contribution in [0.1, 0.15) is 5.56 Å². The highest BCUT2D eigenvalue weighted by molar-refractivity contribution is 5.82. The van der Waals surface area contributed by atoms with E-state index in [2.05, 4.69) is 0 Å². The molecular weight excluding hydrogens is 428 g/mol. The molecule has 5 aromatic rings. The van der Waals surface area contributed by atoms with E-state index < -0.39 is 0 Å². The summed E-state index contributed by atoms with van der Waals surface area (Å²) in [4.78, 5) is 13.1. The van der Waals surface area contributed by atoms with Gasteiger partial charge in [0.15, 0.2) is 5.43 Å². The number of anilines is 2. The minimum Gasteiger partial charge on any atom is -0.457 e. The molecule has 1 aromatic heterocycles. The van der Waals surface area contributed by atoms with Crippen LogP contribution in [0.3, 0.4) is 0 Å². The topological polar surface area (TPSA) is 101 Å². The molecule has 0 spiro atoms. The van der Waals surface area contributed by atoms with Gasteiger partial charge in [0.1, 0.15) is 34.3 Å². The summed E-state index contributed by atoms with van der Waals surface area (Å²) in [7, 11) is 0. The van der Waals surface area contributed by atoms with Crippen LogP contribution in [0.15, 0.2) is 100 Å². The molecule has 0 atom stereocenters. The summed E-state index contributed by atoms with van der Waals surface area (Å²) in [5.74, 6) is 3.04. The van der Waals surface area contributed by atoms with Crippen molar-refractivity contribution >= 4 is 22.3 Å². The Labute approximate surface area is 196 Å². The molecule has 0 unspecified atom stereocenters. The maximum atomic E-state index is 13.1. The van der Waals surface area contributed by atoms with Gasteiger partial charge in [0, 0.05) is 22.5 Å². The predicted octanol–water partition coefficient (Wildman–Crippen LogP) is 6.52. The molecule has 0 radical (unpaired) electrons. The first-order valence-corrected chi connectivity index (χ1v) is 10.7. The third-order valence-corrected chi connectivity index (χ3v) is 5.44. The summed E-state index contributed by atoms with van der Waals surface area (Å²) in [5, 5.41) is 0.456. The number of rotatable bonds is 5. The molecule has 0 bridgehead atoms. The van der Waals surface area contributed by atoms with E-state index in [4.69, 9.17) is 25.4 Å². The molecule has 0 amide bonds. The Morgan fingerprint density at radius 1 is 0.647 bits per heavy atom. The van der Waals surface area contributed by atoms with Crippen molar-refractivity contribution in [2.75, 3.05) is 11.5 Å². The molecule has 0 saturated heterocycles. The van der Waals surface area contributed by atoms with E-state index in [0.29, 0.717) is 56.7 Å². The molecule has 5 rings (SSSR count). The summed E-state index contributed by atoms with van der Waals surface area (Å²) < 4.78 is 17.8. The minimum atomic E-state index is -0.110. The first kappa shape index (κ1) is 21.2. The van der Waals surface area contributed by atoms with Gasteiger partial charge in [-0.25, -0.2) is 0 Å². The Kier molecular flexibility index (Phi) is 5.40. The summed E-state index contributed by atoms with van der Waals surface area (Å²) in [6.45, 7) is 1.76. The Bertz CT molecular complexity index is 1520. The van der Waals surface area contributed by atoms with Crippen LogP contribution in [0.2, 0.25) is 0 Å². The number of ether oxygens (including phenoxy) is 2. The van der Waals surface area contributed by atoms with Crippen molar-refractivity contribution in [2.24, 2.45) is 0 Å². The molecule has 6 nitrogen and oxygen atoms in total. The van der Waals surface area contributed by atoms with E-state index in [1.54, 1.807) is 73.7 Å². The third kappa shape index (κ3) is 4.29. The molecule has 4 N–H and O–H groups in total. The quantitative estimate of drug-likeness (QED) is 0.296. The standard InChI is InChI=1S/C28H22N2O4/c1-17-27(31)25-16-24(33-23-12-6-20(30)7-13-23)14-15-26(25)34-28(17)18-2-8-21(9-3-18)32-22-10-4-19(29)5-11-22/h2-16H,29-30H2,1H3.